The van der Waals surface area contributed by atoms with E-state index in [2.05, 4.69) is 0 Å². The van der Waals surface area contributed by atoms with Gasteiger partial charge in [-0.05, 0) is 48.7 Å². The fraction of sp³-hybridized carbons (Fsp3) is 0.111. The van der Waals surface area contributed by atoms with Crippen molar-refractivity contribution >= 4 is 46.0 Å². The summed E-state index contributed by atoms with van der Waals surface area (Å²) in [6.45, 7) is 3.91. The van der Waals surface area contributed by atoms with Crippen LogP contribution in [0.5, 0.6) is 0 Å². The SMILES string of the molecule is Cc1cccc(C)c1N1C(=O)/C(=C/c2cccc(F)c2)SC1=S. The molecule has 0 saturated carbocycles. The number of aryl methyl sites for hydroxylation is 2. The molecule has 0 aliphatic carbocycles. The summed E-state index contributed by atoms with van der Waals surface area (Å²) in [6, 6.07) is 12.0. The number of nitrogens with zero attached hydrogens (tertiary/aromatic N) is 1. The molecule has 1 saturated heterocycles. The van der Waals surface area contributed by atoms with Crippen LogP contribution in [0.25, 0.3) is 6.08 Å². The smallest absolute Gasteiger partial charge is 0.268 e. The molecule has 0 N–H and O–H groups in total. The van der Waals surface area contributed by atoms with Crippen LogP contribution in [-0.4, -0.2) is 10.2 Å². The lowest BCUT2D eigenvalue weighted by Crippen LogP contribution is -2.29. The highest BCUT2D eigenvalue weighted by Crippen LogP contribution is 2.38. The zero-order valence-electron chi connectivity index (χ0n) is 12.7. The highest BCUT2D eigenvalue weighted by Gasteiger charge is 2.34. The first-order valence-corrected chi connectivity index (χ1v) is 8.29. The van der Waals surface area contributed by atoms with Crippen molar-refractivity contribution in [1.29, 1.82) is 0 Å². The molecule has 2 aromatic carbocycles. The number of amides is 1. The van der Waals surface area contributed by atoms with E-state index in [1.54, 1.807) is 23.1 Å². The maximum atomic E-state index is 13.3. The molecule has 2 aromatic rings. The predicted molar refractivity (Wildman–Crippen MR) is 98.0 cm³/mol. The predicted octanol–water partition coefficient (Wildman–Crippen LogP) is 4.85. The first kappa shape index (κ1) is 15.9. The van der Waals surface area contributed by atoms with Gasteiger partial charge in [-0.2, -0.15) is 0 Å². The number of thiocarbonyl (C=S) groups is 1. The lowest BCUT2D eigenvalue weighted by atomic mass is 10.1. The molecule has 0 atom stereocenters. The van der Waals surface area contributed by atoms with Crippen LogP contribution in [0.3, 0.4) is 0 Å². The number of anilines is 1. The van der Waals surface area contributed by atoms with E-state index in [0.29, 0.717) is 14.8 Å². The summed E-state index contributed by atoms with van der Waals surface area (Å²) in [7, 11) is 0. The third-order valence-corrected chi connectivity index (χ3v) is 4.91. The molecule has 0 bridgehead atoms. The molecule has 1 aliphatic heterocycles. The van der Waals surface area contributed by atoms with Crippen molar-refractivity contribution in [3.63, 3.8) is 0 Å². The molecule has 5 heteroatoms. The largest absolute Gasteiger partial charge is 0.270 e. The summed E-state index contributed by atoms with van der Waals surface area (Å²) in [5, 5.41) is 0. The second-order valence-corrected chi connectivity index (χ2v) is 6.99. The molecule has 1 aliphatic rings. The number of para-hydroxylation sites is 1. The Hall–Kier alpha value is -1.98. The molecule has 0 spiro atoms. The lowest BCUT2D eigenvalue weighted by molar-refractivity contribution is -0.113. The van der Waals surface area contributed by atoms with Crippen molar-refractivity contribution in [1.82, 2.24) is 0 Å². The summed E-state index contributed by atoms with van der Waals surface area (Å²) in [5.74, 6) is -0.495. The summed E-state index contributed by atoms with van der Waals surface area (Å²) >= 11 is 6.63. The Morgan fingerprint density at radius 1 is 1.13 bits per heavy atom. The molecule has 1 heterocycles. The summed E-state index contributed by atoms with van der Waals surface area (Å²) in [6.07, 6.45) is 1.68. The quantitative estimate of drug-likeness (QED) is 0.574. The van der Waals surface area contributed by atoms with Crippen LogP contribution in [0, 0.1) is 19.7 Å². The third kappa shape index (κ3) is 3.07. The Bertz CT molecular complexity index is 824. The fourth-order valence-electron chi connectivity index (χ4n) is 2.57. The van der Waals surface area contributed by atoms with Gasteiger partial charge in [0.2, 0.25) is 0 Å². The van der Waals surface area contributed by atoms with Crippen LogP contribution in [0.15, 0.2) is 47.4 Å². The van der Waals surface area contributed by atoms with E-state index >= 15 is 0 Å². The second kappa shape index (κ2) is 6.26. The summed E-state index contributed by atoms with van der Waals surface area (Å²) in [4.78, 5) is 14.8. The summed E-state index contributed by atoms with van der Waals surface area (Å²) < 4.78 is 13.8. The zero-order valence-corrected chi connectivity index (χ0v) is 14.3. The molecule has 0 aromatic heterocycles. The van der Waals surface area contributed by atoms with Gasteiger partial charge in [-0.3, -0.25) is 9.69 Å². The Balaban J connectivity index is 2.01. The van der Waals surface area contributed by atoms with Gasteiger partial charge in [0.05, 0.1) is 10.6 Å². The number of benzene rings is 2. The monoisotopic (exact) mass is 343 g/mol. The molecule has 1 amide bonds. The van der Waals surface area contributed by atoms with Crippen LogP contribution < -0.4 is 4.90 Å². The van der Waals surface area contributed by atoms with Crippen molar-refractivity contribution in [3.05, 3.63) is 69.9 Å². The molecule has 0 radical (unpaired) electrons. The molecular weight excluding hydrogens is 329 g/mol. The number of thioether (sulfide) groups is 1. The van der Waals surface area contributed by atoms with Crippen molar-refractivity contribution in [2.45, 2.75) is 13.8 Å². The average molecular weight is 343 g/mol. The number of halogens is 1. The van der Waals surface area contributed by atoms with Crippen LogP contribution in [-0.2, 0) is 4.79 Å². The van der Waals surface area contributed by atoms with E-state index in [9.17, 15) is 9.18 Å². The van der Waals surface area contributed by atoms with E-state index in [4.69, 9.17) is 12.2 Å². The van der Waals surface area contributed by atoms with Crippen molar-refractivity contribution in [2.24, 2.45) is 0 Å². The Kier molecular flexibility index (Phi) is 4.33. The van der Waals surface area contributed by atoms with Gasteiger partial charge in [-0.1, -0.05) is 54.3 Å². The minimum Gasteiger partial charge on any atom is -0.268 e. The molecular formula is C18H14FNOS2. The highest BCUT2D eigenvalue weighted by atomic mass is 32.2. The number of hydrogen-bond acceptors (Lipinski definition) is 3. The van der Waals surface area contributed by atoms with E-state index in [-0.39, 0.29) is 11.7 Å². The third-order valence-electron chi connectivity index (χ3n) is 3.60. The fourth-order valence-corrected chi connectivity index (χ4v) is 3.84. The van der Waals surface area contributed by atoms with Gasteiger partial charge in [0.25, 0.3) is 5.91 Å². The molecule has 1 fully saturated rings. The van der Waals surface area contributed by atoms with Crippen LogP contribution in [0.2, 0.25) is 0 Å². The number of rotatable bonds is 2. The molecule has 23 heavy (non-hydrogen) atoms. The van der Waals surface area contributed by atoms with E-state index in [1.165, 1.54) is 23.9 Å². The minimum atomic E-state index is -0.330. The van der Waals surface area contributed by atoms with Crippen molar-refractivity contribution in [2.75, 3.05) is 4.90 Å². The van der Waals surface area contributed by atoms with Gasteiger partial charge in [-0.15, -0.1) is 0 Å². The van der Waals surface area contributed by atoms with Gasteiger partial charge in [0.1, 0.15) is 5.82 Å². The maximum Gasteiger partial charge on any atom is 0.270 e. The average Bonchev–Trinajstić information content (AvgIpc) is 2.75. The normalized spacial score (nSPS) is 16.5. The van der Waals surface area contributed by atoms with Gasteiger partial charge in [0.15, 0.2) is 4.32 Å². The highest BCUT2D eigenvalue weighted by molar-refractivity contribution is 8.27. The van der Waals surface area contributed by atoms with Crippen LogP contribution in [0.4, 0.5) is 10.1 Å². The number of hydrogen-bond donors (Lipinski definition) is 0. The molecule has 2 nitrogen and oxygen atoms in total. The second-order valence-electron chi connectivity index (χ2n) is 5.31. The Morgan fingerprint density at radius 3 is 2.43 bits per heavy atom. The summed E-state index contributed by atoms with van der Waals surface area (Å²) in [5.41, 5.74) is 3.46. The molecule has 0 unspecified atom stereocenters. The van der Waals surface area contributed by atoms with Crippen LogP contribution >= 0.6 is 24.0 Å². The lowest BCUT2D eigenvalue weighted by Gasteiger charge is -2.19. The number of carbonyl (C=O) groups is 1. The van der Waals surface area contributed by atoms with Crippen molar-refractivity contribution < 1.29 is 9.18 Å². The van der Waals surface area contributed by atoms with E-state index in [1.807, 2.05) is 32.0 Å². The Morgan fingerprint density at radius 2 is 1.78 bits per heavy atom. The van der Waals surface area contributed by atoms with E-state index < -0.39 is 0 Å². The molecule has 3 rings (SSSR count). The van der Waals surface area contributed by atoms with Gasteiger partial charge >= 0.3 is 0 Å². The minimum absolute atomic E-state index is 0.165. The number of carbonyl (C=O) groups excluding carboxylic acids is 1. The van der Waals surface area contributed by atoms with Gasteiger partial charge in [-0.25, -0.2) is 4.39 Å². The van der Waals surface area contributed by atoms with Gasteiger partial charge < -0.3 is 0 Å². The topological polar surface area (TPSA) is 20.3 Å². The van der Waals surface area contributed by atoms with E-state index in [0.717, 1.165) is 16.8 Å². The van der Waals surface area contributed by atoms with Crippen LogP contribution in [0.1, 0.15) is 16.7 Å². The van der Waals surface area contributed by atoms with Crippen molar-refractivity contribution in [3.8, 4) is 0 Å². The zero-order chi connectivity index (χ0) is 16.6. The first-order chi connectivity index (χ1) is 11.0. The van der Waals surface area contributed by atoms with Gasteiger partial charge in [0, 0.05) is 0 Å². The maximum absolute atomic E-state index is 13.3. The Labute approximate surface area is 144 Å². The standard InChI is InChI=1S/C18H14FNOS2/c1-11-5-3-6-12(2)16(11)20-17(21)15(23-18(20)22)10-13-7-4-8-14(19)9-13/h3-10H,1-2H3/b15-10-. The first-order valence-electron chi connectivity index (χ1n) is 7.07. The molecule has 116 valence electrons.